The number of hydrogen-bond acceptors (Lipinski definition) is 10. The van der Waals surface area contributed by atoms with Gasteiger partial charge >= 0.3 is 0 Å². The van der Waals surface area contributed by atoms with Gasteiger partial charge in [0.2, 0.25) is 35.4 Å². The molecule has 3 aromatic rings. The molecule has 9 rings (SSSR count). The standard InChI is InChI=1S/C62H86N8O8/c1-39(63-3)57(71)67-55(43-17-7-5-8-18-43)61(75)69-35-15-27-51(69)59(73)65-49-25-11-23-47-45(49)21-13-29-53(47)77-37-41-31-33-42(34-32-41)38-78-54-30-14-22-46-48(54)24-12-26-50(46)66-60(74)52-28-16-36-70(52)62(76)56(44-19-9-6-10-20-44)68-58(72)40(2)64-4/h13-14,21-22,29-34,39-40,43-44,49-52,55-56,63-64H,5-12,15-20,23-28,35-38H2,1-4H3,(H,65,73)(H,66,74)(H,67,71)(H,68,72)/t39?,40?,49-,50-,51+,52+,55?,56?/m1/s1. The molecule has 2 saturated heterocycles. The maximum atomic E-state index is 14.3. The zero-order valence-electron chi connectivity index (χ0n) is 46.7. The van der Waals surface area contributed by atoms with Gasteiger partial charge in [-0.3, -0.25) is 28.8 Å². The van der Waals surface area contributed by atoms with Crippen molar-refractivity contribution in [2.24, 2.45) is 11.8 Å². The Balaban J connectivity index is 0.782. The highest BCUT2D eigenvalue weighted by atomic mass is 16.5. The average Bonchev–Trinajstić information content (AvgIpc) is 4.23. The van der Waals surface area contributed by atoms with Crippen molar-refractivity contribution < 1.29 is 38.2 Å². The van der Waals surface area contributed by atoms with Gasteiger partial charge in [0.15, 0.2) is 0 Å². The van der Waals surface area contributed by atoms with Crippen LogP contribution in [0.1, 0.15) is 175 Å². The van der Waals surface area contributed by atoms with Crippen molar-refractivity contribution in [1.29, 1.82) is 0 Å². The maximum Gasteiger partial charge on any atom is 0.246 e. The summed E-state index contributed by atoms with van der Waals surface area (Å²) >= 11 is 0. The highest BCUT2D eigenvalue weighted by molar-refractivity contribution is 5.95. The molecule has 2 aliphatic heterocycles. The minimum atomic E-state index is -0.642. The van der Waals surface area contributed by atoms with Crippen molar-refractivity contribution in [2.75, 3.05) is 27.2 Å². The van der Waals surface area contributed by atoms with Crippen LogP contribution in [0.5, 0.6) is 11.5 Å². The summed E-state index contributed by atoms with van der Waals surface area (Å²) in [5.74, 6) is 0.759. The van der Waals surface area contributed by atoms with E-state index in [9.17, 15) is 28.8 Å². The second-order valence-electron chi connectivity index (χ2n) is 23.1. The minimum absolute atomic E-state index is 0.0574. The second kappa shape index (κ2) is 26.8. The lowest BCUT2D eigenvalue weighted by Gasteiger charge is -2.36. The molecule has 78 heavy (non-hydrogen) atoms. The van der Waals surface area contributed by atoms with Crippen molar-refractivity contribution in [1.82, 2.24) is 41.7 Å². The number of benzene rings is 3. The lowest BCUT2D eigenvalue weighted by molar-refractivity contribution is -0.143. The molecule has 422 valence electrons. The van der Waals surface area contributed by atoms with E-state index < -0.39 is 36.3 Å². The Morgan fingerprint density at radius 3 is 1.28 bits per heavy atom. The summed E-state index contributed by atoms with van der Waals surface area (Å²) in [5.41, 5.74) is 6.33. The molecule has 4 fully saturated rings. The summed E-state index contributed by atoms with van der Waals surface area (Å²) in [6, 6.07) is 16.7. The van der Waals surface area contributed by atoms with Gasteiger partial charge in [-0.2, -0.15) is 0 Å². The maximum absolute atomic E-state index is 14.3. The van der Waals surface area contributed by atoms with Gasteiger partial charge in [0.25, 0.3) is 0 Å². The fourth-order valence-electron chi connectivity index (χ4n) is 13.3. The molecular formula is C62H86N8O8. The fraction of sp³-hybridized carbons (Fsp3) is 0.613. The normalized spacial score (nSPS) is 23.2. The predicted molar refractivity (Wildman–Crippen MR) is 299 cm³/mol. The molecular weight excluding hydrogens is 985 g/mol. The van der Waals surface area contributed by atoms with Crippen molar-refractivity contribution in [3.8, 4) is 11.5 Å². The summed E-state index contributed by atoms with van der Waals surface area (Å²) in [7, 11) is 3.47. The van der Waals surface area contributed by atoms with Crippen molar-refractivity contribution in [3.63, 3.8) is 0 Å². The second-order valence-corrected chi connectivity index (χ2v) is 23.1. The van der Waals surface area contributed by atoms with Crippen LogP contribution in [0.15, 0.2) is 60.7 Å². The van der Waals surface area contributed by atoms with Crippen LogP contribution < -0.4 is 41.4 Å². The van der Waals surface area contributed by atoms with Crippen LogP contribution in [-0.2, 0) is 54.8 Å². The quantitative estimate of drug-likeness (QED) is 0.0675. The van der Waals surface area contributed by atoms with Crippen molar-refractivity contribution >= 4 is 35.4 Å². The first-order valence-electron chi connectivity index (χ1n) is 29.7. The van der Waals surface area contributed by atoms with E-state index in [0.29, 0.717) is 39.1 Å². The topological polar surface area (TPSA) is 200 Å². The highest BCUT2D eigenvalue weighted by Gasteiger charge is 2.44. The molecule has 4 unspecified atom stereocenters. The average molecular weight is 1070 g/mol. The first kappa shape index (κ1) is 56.7. The number of nitrogens with zero attached hydrogens (tertiary/aromatic N) is 2. The zero-order valence-corrected chi connectivity index (χ0v) is 46.7. The van der Waals surface area contributed by atoms with Crippen molar-refractivity contribution in [3.05, 3.63) is 94.0 Å². The summed E-state index contributed by atoms with van der Waals surface area (Å²) in [5, 5.41) is 18.8. The van der Waals surface area contributed by atoms with Crippen LogP contribution in [0.3, 0.4) is 0 Å². The molecule has 8 atom stereocenters. The lowest BCUT2D eigenvalue weighted by atomic mass is 9.83. The first-order chi connectivity index (χ1) is 37.9. The predicted octanol–water partition coefficient (Wildman–Crippen LogP) is 7.16. The van der Waals surface area contributed by atoms with Gasteiger partial charge < -0.3 is 51.2 Å². The van der Waals surface area contributed by atoms with E-state index in [1.807, 2.05) is 24.3 Å². The molecule has 0 bridgehead atoms. The van der Waals surface area contributed by atoms with Crippen LogP contribution in [-0.4, -0.2) is 109 Å². The number of likely N-dealkylation sites (tertiary alicyclic amines) is 2. The van der Waals surface area contributed by atoms with Crippen LogP contribution in [0.25, 0.3) is 0 Å². The SMILES string of the molecule is CNC(C)C(=O)NC(C(=O)N1CCC[C@H]1C(=O)N[C@@H]1CCCc2c(OCc3ccc(COc4cccc5c4CCC[C@H]5NC(=O)[C@@H]4CCCN4C(=O)C(NC(=O)C(C)NC)C4CCCCC4)cc3)cccc21)C1CCCCC1. The highest BCUT2D eigenvalue weighted by Crippen LogP contribution is 2.39. The van der Waals surface area contributed by atoms with Gasteiger partial charge in [-0.15, -0.1) is 0 Å². The molecule has 6 amide bonds. The zero-order chi connectivity index (χ0) is 54.7. The summed E-state index contributed by atoms with van der Waals surface area (Å²) < 4.78 is 13.0. The van der Waals surface area contributed by atoms with Crippen LogP contribution in [0.2, 0.25) is 0 Å². The molecule has 6 N–H and O–H groups in total. The fourth-order valence-corrected chi connectivity index (χ4v) is 13.3. The largest absolute Gasteiger partial charge is 0.489 e. The molecule has 2 heterocycles. The Hall–Kier alpha value is -6.00. The monoisotopic (exact) mass is 1070 g/mol. The summed E-state index contributed by atoms with van der Waals surface area (Å²) in [4.78, 5) is 86.6. The van der Waals surface area contributed by atoms with Crippen molar-refractivity contribution in [2.45, 2.75) is 204 Å². The van der Waals surface area contributed by atoms with E-state index in [0.717, 1.165) is 160 Å². The number of fused-ring (bicyclic) bond motifs is 2. The molecule has 16 nitrogen and oxygen atoms in total. The number of amides is 6. The number of rotatable bonds is 20. The molecule has 2 saturated carbocycles. The third-order valence-electron chi connectivity index (χ3n) is 18.1. The minimum Gasteiger partial charge on any atom is -0.489 e. The van der Waals surface area contributed by atoms with Crippen LogP contribution >= 0.6 is 0 Å². The molecule has 6 aliphatic rings. The number of hydrogen-bond donors (Lipinski definition) is 6. The summed E-state index contributed by atoms with van der Waals surface area (Å²) in [6.07, 6.45) is 17.7. The molecule has 4 aliphatic carbocycles. The Bertz CT molecular complexity index is 2410. The summed E-state index contributed by atoms with van der Waals surface area (Å²) in [6.45, 7) is 5.33. The molecule has 0 spiro atoms. The van der Waals surface area contributed by atoms with E-state index in [1.54, 1.807) is 37.7 Å². The van der Waals surface area contributed by atoms with Gasteiger partial charge in [-0.1, -0.05) is 87.1 Å². The lowest BCUT2D eigenvalue weighted by Crippen LogP contribution is -2.58. The smallest absolute Gasteiger partial charge is 0.246 e. The van der Waals surface area contributed by atoms with Crippen LogP contribution in [0.4, 0.5) is 0 Å². The number of nitrogens with one attached hydrogen (secondary N) is 6. The third-order valence-corrected chi connectivity index (χ3v) is 18.1. The number of carbonyl (C=O) groups is 6. The Morgan fingerprint density at radius 2 is 0.897 bits per heavy atom. The first-order valence-corrected chi connectivity index (χ1v) is 29.7. The molecule has 0 aromatic heterocycles. The number of ether oxygens (including phenoxy) is 2. The van der Waals surface area contributed by atoms with E-state index in [1.165, 1.54) is 0 Å². The van der Waals surface area contributed by atoms with E-state index in [2.05, 4.69) is 68.3 Å². The Morgan fingerprint density at radius 1 is 0.500 bits per heavy atom. The molecule has 16 heteroatoms. The van der Waals surface area contributed by atoms with Gasteiger partial charge in [-0.25, -0.2) is 0 Å². The van der Waals surface area contributed by atoms with Gasteiger partial charge in [0.1, 0.15) is 48.9 Å². The third kappa shape index (κ3) is 13.4. The van der Waals surface area contributed by atoms with E-state index in [4.69, 9.17) is 9.47 Å². The van der Waals surface area contributed by atoms with E-state index >= 15 is 0 Å². The van der Waals surface area contributed by atoms with Crippen LogP contribution in [0, 0.1) is 11.8 Å². The Labute approximate surface area is 462 Å². The van der Waals surface area contributed by atoms with Gasteiger partial charge in [0.05, 0.1) is 24.2 Å². The van der Waals surface area contributed by atoms with Gasteiger partial charge in [-0.05, 0) is 175 Å². The van der Waals surface area contributed by atoms with E-state index in [-0.39, 0.29) is 59.4 Å². The number of carbonyl (C=O) groups excluding carboxylic acids is 6. The van der Waals surface area contributed by atoms with Gasteiger partial charge in [0, 0.05) is 13.1 Å². The Kier molecular flexibility index (Phi) is 19.5. The molecule has 3 aromatic carbocycles. The number of likely N-dealkylation sites (N-methyl/N-ethyl adjacent to an activating group) is 2. The molecule has 0 radical (unpaired) electrons.